The fourth-order valence-corrected chi connectivity index (χ4v) is 1.81. The molecule has 1 N–H and O–H groups in total. The molecule has 0 spiro atoms. The SMILES string of the molecule is O=C(Cc1ccon1)NCc1ccc2c(c1)OCO2. The van der Waals surface area contributed by atoms with E-state index in [-0.39, 0.29) is 19.1 Å². The van der Waals surface area contributed by atoms with Crippen LogP contribution in [0.1, 0.15) is 11.3 Å². The van der Waals surface area contributed by atoms with Gasteiger partial charge in [-0.05, 0) is 17.7 Å². The van der Waals surface area contributed by atoms with E-state index in [1.54, 1.807) is 6.07 Å². The van der Waals surface area contributed by atoms with Crippen molar-refractivity contribution >= 4 is 5.91 Å². The molecule has 98 valence electrons. The van der Waals surface area contributed by atoms with Crippen molar-refractivity contribution in [2.24, 2.45) is 0 Å². The smallest absolute Gasteiger partial charge is 0.231 e. The minimum absolute atomic E-state index is 0.105. The highest BCUT2D eigenvalue weighted by Gasteiger charge is 2.13. The number of rotatable bonds is 4. The second-order valence-electron chi connectivity index (χ2n) is 4.13. The summed E-state index contributed by atoms with van der Waals surface area (Å²) in [6.07, 6.45) is 1.65. The van der Waals surface area contributed by atoms with Crippen LogP contribution >= 0.6 is 0 Å². The summed E-state index contributed by atoms with van der Waals surface area (Å²) in [7, 11) is 0. The van der Waals surface area contributed by atoms with Gasteiger partial charge in [-0.1, -0.05) is 11.2 Å². The highest BCUT2D eigenvalue weighted by atomic mass is 16.7. The third-order valence-electron chi connectivity index (χ3n) is 2.76. The van der Waals surface area contributed by atoms with Crippen molar-refractivity contribution in [3.05, 3.63) is 41.8 Å². The Bertz CT molecular complexity index is 580. The van der Waals surface area contributed by atoms with Crippen molar-refractivity contribution in [2.45, 2.75) is 13.0 Å². The van der Waals surface area contributed by atoms with Gasteiger partial charge in [-0.25, -0.2) is 0 Å². The molecule has 0 unspecified atom stereocenters. The van der Waals surface area contributed by atoms with E-state index in [1.807, 2.05) is 18.2 Å². The Morgan fingerprint density at radius 2 is 2.16 bits per heavy atom. The molecule has 6 heteroatoms. The second kappa shape index (κ2) is 5.01. The molecule has 1 aromatic carbocycles. The topological polar surface area (TPSA) is 73.6 Å². The van der Waals surface area contributed by atoms with E-state index in [4.69, 9.17) is 9.47 Å². The van der Waals surface area contributed by atoms with Gasteiger partial charge in [-0.3, -0.25) is 4.79 Å². The number of carbonyl (C=O) groups is 1. The number of benzene rings is 1. The number of amides is 1. The van der Waals surface area contributed by atoms with Gasteiger partial charge in [0, 0.05) is 12.6 Å². The van der Waals surface area contributed by atoms with E-state index in [9.17, 15) is 4.79 Å². The third-order valence-corrected chi connectivity index (χ3v) is 2.76. The normalized spacial score (nSPS) is 12.4. The standard InChI is InChI=1S/C13H12N2O4/c16-13(6-10-3-4-19-15-10)14-7-9-1-2-11-12(5-9)18-8-17-11/h1-5H,6-8H2,(H,14,16). The molecule has 1 aliphatic rings. The van der Waals surface area contributed by atoms with Crippen molar-refractivity contribution in [3.8, 4) is 11.5 Å². The zero-order chi connectivity index (χ0) is 13.1. The Labute approximate surface area is 109 Å². The molecule has 3 rings (SSSR count). The Hall–Kier alpha value is -2.50. The molecule has 0 atom stereocenters. The predicted octanol–water partition coefficient (Wildman–Crippen LogP) is 1.26. The lowest BCUT2D eigenvalue weighted by Crippen LogP contribution is -2.24. The third kappa shape index (κ3) is 2.67. The molecule has 1 aliphatic heterocycles. The predicted molar refractivity (Wildman–Crippen MR) is 64.6 cm³/mol. The minimum atomic E-state index is -0.105. The lowest BCUT2D eigenvalue weighted by atomic mass is 10.2. The largest absolute Gasteiger partial charge is 0.454 e. The Kier molecular flexibility index (Phi) is 3.06. The number of hydrogen-bond donors (Lipinski definition) is 1. The number of nitrogens with zero attached hydrogens (tertiary/aromatic N) is 1. The first-order chi connectivity index (χ1) is 9.31. The van der Waals surface area contributed by atoms with Crippen LogP contribution < -0.4 is 14.8 Å². The van der Waals surface area contributed by atoms with Gasteiger partial charge in [0.1, 0.15) is 6.26 Å². The molecule has 0 saturated carbocycles. The first kappa shape index (κ1) is 11.6. The highest BCUT2D eigenvalue weighted by molar-refractivity contribution is 5.78. The molecule has 0 radical (unpaired) electrons. The average Bonchev–Trinajstić information content (AvgIpc) is 3.06. The first-order valence-corrected chi connectivity index (χ1v) is 5.86. The van der Waals surface area contributed by atoms with E-state index >= 15 is 0 Å². The van der Waals surface area contributed by atoms with Crippen LogP contribution in [-0.2, 0) is 17.8 Å². The van der Waals surface area contributed by atoms with Gasteiger partial charge in [0.15, 0.2) is 11.5 Å². The molecule has 0 fully saturated rings. The van der Waals surface area contributed by atoms with Crippen LogP contribution in [0.4, 0.5) is 0 Å². The summed E-state index contributed by atoms with van der Waals surface area (Å²) < 4.78 is 15.2. The summed E-state index contributed by atoms with van der Waals surface area (Å²) in [6, 6.07) is 7.25. The quantitative estimate of drug-likeness (QED) is 0.895. The maximum absolute atomic E-state index is 11.7. The second-order valence-corrected chi connectivity index (χ2v) is 4.13. The van der Waals surface area contributed by atoms with Crippen LogP contribution in [0.25, 0.3) is 0 Å². The Balaban J connectivity index is 1.56. The van der Waals surface area contributed by atoms with Gasteiger partial charge < -0.3 is 19.3 Å². The number of fused-ring (bicyclic) bond motifs is 1. The van der Waals surface area contributed by atoms with Gasteiger partial charge in [-0.2, -0.15) is 0 Å². The molecule has 0 bridgehead atoms. The molecule has 1 aromatic heterocycles. The summed E-state index contributed by atoms with van der Waals surface area (Å²) in [4.78, 5) is 11.7. The summed E-state index contributed by atoms with van der Waals surface area (Å²) in [5.74, 6) is 1.34. The maximum atomic E-state index is 11.7. The summed E-state index contributed by atoms with van der Waals surface area (Å²) in [5, 5.41) is 6.50. The molecule has 0 aliphatic carbocycles. The Morgan fingerprint density at radius 1 is 1.26 bits per heavy atom. The van der Waals surface area contributed by atoms with Crippen molar-refractivity contribution in [1.82, 2.24) is 10.5 Å². The van der Waals surface area contributed by atoms with Crippen LogP contribution in [0.2, 0.25) is 0 Å². The summed E-state index contributed by atoms with van der Waals surface area (Å²) >= 11 is 0. The van der Waals surface area contributed by atoms with Gasteiger partial charge in [0.05, 0.1) is 12.1 Å². The van der Waals surface area contributed by atoms with E-state index in [0.717, 1.165) is 11.3 Å². The molecule has 1 amide bonds. The molecule has 6 nitrogen and oxygen atoms in total. The van der Waals surface area contributed by atoms with Crippen molar-refractivity contribution < 1.29 is 18.8 Å². The number of hydrogen-bond acceptors (Lipinski definition) is 5. The summed E-state index contributed by atoms with van der Waals surface area (Å²) in [5.41, 5.74) is 1.57. The zero-order valence-electron chi connectivity index (χ0n) is 10.1. The van der Waals surface area contributed by atoms with Gasteiger partial charge in [0.2, 0.25) is 12.7 Å². The fraction of sp³-hybridized carbons (Fsp3) is 0.231. The molecule has 2 heterocycles. The van der Waals surface area contributed by atoms with Crippen LogP contribution in [0, 0.1) is 0 Å². The minimum Gasteiger partial charge on any atom is -0.454 e. The first-order valence-electron chi connectivity index (χ1n) is 5.86. The van der Waals surface area contributed by atoms with Crippen LogP contribution in [-0.4, -0.2) is 17.9 Å². The molecule has 0 saturated heterocycles. The van der Waals surface area contributed by atoms with Crippen LogP contribution in [0.5, 0.6) is 11.5 Å². The monoisotopic (exact) mass is 260 g/mol. The fourth-order valence-electron chi connectivity index (χ4n) is 1.81. The van der Waals surface area contributed by atoms with E-state index in [2.05, 4.69) is 15.0 Å². The lowest BCUT2D eigenvalue weighted by Gasteiger charge is -2.05. The number of nitrogens with one attached hydrogen (secondary N) is 1. The van der Waals surface area contributed by atoms with Crippen LogP contribution in [0.3, 0.4) is 0 Å². The number of carbonyl (C=O) groups excluding carboxylic acids is 1. The van der Waals surface area contributed by atoms with Gasteiger partial charge >= 0.3 is 0 Å². The van der Waals surface area contributed by atoms with E-state index in [0.29, 0.717) is 18.0 Å². The molecular weight excluding hydrogens is 248 g/mol. The van der Waals surface area contributed by atoms with Gasteiger partial charge in [0.25, 0.3) is 0 Å². The van der Waals surface area contributed by atoms with Gasteiger partial charge in [-0.15, -0.1) is 0 Å². The highest BCUT2D eigenvalue weighted by Crippen LogP contribution is 2.32. The van der Waals surface area contributed by atoms with Crippen molar-refractivity contribution in [2.75, 3.05) is 6.79 Å². The zero-order valence-corrected chi connectivity index (χ0v) is 10.1. The molecular formula is C13H12N2O4. The number of aromatic nitrogens is 1. The Morgan fingerprint density at radius 3 is 3.00 bits per heavy atom. The summed E-state index contributed by atoms with van der Waals surface area (Å²) in [6.45, 7) is 0.685. The number of ether oxygens (including phenoxy) is 2. The van der Waals surface area contributed by atoms with Crippen molar-refractivity contribution in [1.29, 1.82) is 0 Å². The van der Waals surface area contributed by atoms with Crippen LogP contribution in [0.15, 0.2) is 35.1 Å². The van der Waals surface area contributed by atoms with E-state index in [1.165, 1.54) is 6.26 Å². The lowest BCUT2D eigenvalue weighted by molar-refractivity contribution is -0.120. The maximum Gasteiger partial charge on any atom is 0.231 e. The average molecular weight is 260 g/mol. The van der Waals surface area contributed by atoms with E-state index < -0.39 is 0 Å². The van der Waals surface area contributed by atoms with Crippen molar-refractivity contribution in [3.63, 3.8) is 0 Å². The molecule has 2 aromatic rings. The molecule has 19 heavy (non-hydrogen) atoms.